The van der Waals surface area contributed by atoms with Crippen molar-refractivity contribution in [1.29, 1.82) is 0 Å². The Kier molecular flexibility index (Phi) is 2.29. The van der Waals surface area contributed by atoms with Crippen LogP contribution in [-0.2, 0) is 20.0 Å². The van der Waals surface area contributed by atoms with Crippen LogP contribution < -0.4 is 5.73 Å². The Labute approximate surface area is 67.2 Å². The van der Waals surface area contributed by atoms with E-state index in [1.807, 2.05) is 14.0 Å². The molecule has 0 unspecified atom stereocenters. The van der Waals surface area contributed by atoms with Gasteiger partial charge in [0.2, 0.25) is 0 Å². The molecule has 1 heterocycles. The lowest BCUT2D eigenvalue weighted by atomic mass is 10.3. The van der Waals surface area contributed by atoms with Crippen LogP contribution in [0.25, 0.3) is 0 Å². The van der Waals surface area contributed by atoms with Crippen LogP contribution >= 0.6 is 0 Å². The lowest BCUT2D eigenvalue weighted by Gasteiger charge is -1.98. The van der Waals surface area contributed by atoms with Gasteiger partial charge in [-0.1, -0.05) is 6.92 Å². The van der Waals surface area contributed by atoms with Gasteiger partial charge in [0.15, 0.2) is 0 Å². The molecule has 0 aliphatic heterocycles. The fourth-order valence-corrected chi connectivity index (χ4v) is 1.21. The van der Waals surface area contributed by atoms with Crippen molar-refractivity contribution in [2.24, 2.45) is 12.8 Å². The van der Waals surface area contributed by atoms with Gasteiger partial charge in [-0.15, -0.1) is 0 Å². The van der Waals surface area contributed by atoms with Crippen molar-refractivity contribution in [3.8, 4) is 0 Å². The van der Waals surface area contributed by atoms with E-state index in [0.717, 1.165) is 17.9 Å². The molecule has 0 aliphatic carbocycles. The summed E-state index contributed by atoms with van der Waals surface area (Å²) < 4.78 is 2.10. The number of rotatable bonds is 2. The summed E-state index contributed by atoms with van der Waals surface area (Å²) in [5.74, 6) is 1.11. The molecule has 0 bridgehead atoms. The van der Waals surface area contributed by atoms with Gasteiger partial charge in [0.25, 0.3) is 0 Å². The van der Waals surface area contributed by atoms with Crippen LogP contribution in [0.1, 0.15) is 24.1 Å². The summed E-state index contributed by atoms with van der Waals surface area (Å²) in [6, 6.07) is 0. The predicted octanol–water partition coefficient (Wildman–Crippen LogP) is 0.750. The normalized spacial score (nSPS) is 10.5. The minimum absolute atomic E-state index is 0.541. The molecule has 0 amide bonds. The van der Waals surface area contributed by atoms with E-state index in [1.54, 1.807) is 0 Å². The maximum absolute atomic E-state index is 5.51. The Hall–Kier alpha value is -0.830. The van der Waals surface area contributed by atoms with Crippen LogP contribution in [0.3, 0.4) is 0 Å². The molecule has 1 aromatic rings. The number of aryl methyl sites for hydroxylation is 1. The Morgan fingerprint density at radius 1 is 1.55 bits per heavy atom. The molecule has 3 heteroatoms. The SMILES string of the molecule is CCc1nc(CN)c(C)n1C. The van der Waals surface area contributed by atoms with Crippen molar-refractivity contribution in [2.45, 2.75) is 26.8 Å². The second-order valence-electron chi connectivity index (χ2n) is 2.68. The van der Waals surface area contributed by atoms with Crippen molar-refractivity contribution in [3.05, 3.63) is 17.2 Å². The molecular weight excluding hydrogens is 138 g/mol. The molecule has 11 heavy (non-hydrogen) atoms. The van der Waals surface area contributed by atoms with Gasteiger partial charge >= 0.3 is 0 Å². The zero-order valence-corrected chi connectivity index (χ0v) is 7.39. The number of nitrogens with two attached hydrogens (primary N) is 1. The highest BCUT2D eigenvalue weighted by molar-refractivity contribution is 5.14. The molecule has 0 saturated heterocycles. The summed E-state index contributed by atoms with van der Waals surface area (Å²) in [7, 11) is 2.03. The number of imidazole rings is 1. The number of hydrogen-bond donors (Lipinski definition) is 1. The minimum Gasteiger partial charge on any atom is -0.335 e. The van der Waals surface area contributed by atoms with Crippen molar-refractivity contribution in [1.82, 2.24) is 9.55 Å². The first kappa shape index (κ1) is 8.27. The highest BCUT2D eigenvalue weighted by Crippen LogP contribution is 2.08. The molecule has 1 aromatic heterocycles. The lowest BCUT2D eigenvalue weighted by Crippen LogP contribution is -2.00. The zero-order chi connectivity index (χ0) is 8.43. The largest absolute Gasteiger partial charge is 0.335 e. The maximum atomic E-state index is 5.51. The standard InChI is InChI=1S/C8H15N3/c1-4-8-10-7(5-9)6(2)11(8)3/h4-5,9H2,1-3H3. The highest BCUT2D eigenvalue weighted by Gasteiger charge is 2.06. The Morgan fingerprint density at radius 3 is 2.45 bits per heavy atom. The van der Waals surface area contributed by atoms with E-state index >= 15 is 0 Å². The minimum atomic E-state index is 0.541. The third-order valence-electron chi connectivity index (χ3n) is 2.08. The summed E-state index contributed by atoms with van der Waals surface area (Å²) >= 11 is 0. The van der Waals surface area contributed by atoms with E-state index in [-0.39, 0.29) is 0 Å². The average Bonchev–Trinajstić information content (AvgIpc) is 2.30. The maximum Gasteiger partial charge on any atom is 0.108 e. The molecule has 3 nitrogen and oxygen atoms in total. The smallest absolute Gasteiger partial charge is 0.108 e. The van der Waals surface area contributed by atoms with Crippen LogP contribution in [0.15, 0.2) is 0 Å². The molecular formula is C8H15N3. The van der Waals surface area contributed by atoms with Gasteiger partial charge in [-0.25, -0.2) is 4.98 Å². The van der Waals surface area contributed by atoms with E-state index in [9.17, 15) is 0 Å². The molecule has 0 radical (unpaired) electrons. The van der Waals surface area contributed by atoms with E-state index < -0.39 is 0 Å². The topological polar surface area (TPSA) is 43.8 Å². The van der Waals surface area contributed by atoms with Crippen LogP contribution in [0.5, 0.6) is 0 Å². The number of aromatic nitrogens is 2. The Morgan fingerprint density at radius 2 is 2.18 bits per heavy atom. The summed E-state index contributed by atoms with van der Waals surface area (Å²) in [6.45, 7) is 4.69. The Bertz CT molecular complexity index is 226. The first-order chi connectivity index (χ1) is 5.20. The quantitative estimate of drug-likeness (QED) is 0.681. The van der Waals surface area contributed by atoms with Gasteiger partial charge in [0.05, 0.1) is 5.69 Å². The zero-order valence-electron chi connectivity index (χ0n) is 7.39. The first-order valence-electron chi connectivity index (χ1n) is 3.91. The van der Waals surface area contributed by atoms with Gasteiger partial charge in [-0.2, -0.15) is 0 Å². The highest BCUT2D eigenvalue weighted by atomic mass is 15.1. The predicted molar refractivity (Wildman–Crippen MR) is 45.2 cm³/mol. The third kappa shape index (κ3) is 1.28. The fourth-order valence-electron chi connectivity index (χ4n) is 1.21. The van der Waals surface area contributed by atoms with E-state index in [2.05, 4.69) is 16.5 Å². The van der Waals surface area contributed by atoms with Gasteiger partial charge in [-0.3, -0.25) is 0 Å². The second kappa shape index (κ2) is 3.05. The molecule has 0 saturated carbocycles. The average molecular weight is 153 g/mol. The molecule has 0 aliphatic rings. The van der Waals surface area contributed by atoms with Gasteiger partial charge in [0, 0.05) is 25.7 Å². The summed E-state index contributed by atoms with van der Waals surface area (Å²) in [5, 5.41) is 0. The first-order valence-corrected chi connectivity index (χ1v) is 3.91. The number of nitrogens with zero attached hydrogens (tertiary/aromatic N) is 2. The molecule has 0 spiro atoms. The third-order valence-corrected chi connectivity index (χ3v) is 2.08. The van der Waals surface area contributed by atoms with Crippen molar-refractivity contribution in [3.63, 3.8) is 0 Å². The monoisotopic (exact) mass is 153 g/mol. The van der Waals surface area contributed by atoms with E-state index in [4.69, 9.17) is 5.73 Å². The van der Waals surface area contributed by atoms with Crippen LogP contribution in [0, 0.1) is 6.92 Å². The van der Waals surface area contributed by atoms with Crippen LogP contribution in [-0.4, -0.2) is 9.55 Å². The molecule has 0 aromatic carbocycles. The molecule has 0 fully saturated rings. The molecule has 2 N–H and O–H groups in total. The fraction of sp³-hybridized carbons (Fsp3) is 0.625. The van der Waals surface area contributed by atoms with Crippen molar-refractivity contribution < 1.29 is 0 Å². The molecule has 62 valence electrons. The Balaban J connectivity index is 3.12. The van der Waals surface area contributed by atoms with Gasteiger partial charge < -0.3 is 10.3 Å². The summed E-state index contributed by atoms with van der Waals surface area (Å²) in [5.41, 5.74) is 7.71. The van der Waals surface area contributed by atoms with Crippen LogP contribution in [0.4, 0.5) is 0 Å². The van der Waals surface area contributed by atoms with Crippen molar-refractivity contribution in [2.75, 3.05) is 0 Å². The van der Waals surface area contributed by atoms with Crippen molar-refractivity contribution >= 4 is 0 Å². The molecule has 1 rings (SSSR count). The molecule has 0 atom stereocenters. The summed E-state index contributed by atoms with van der Waals surface area (Å²) in [6.07, 6.45) is 0.970. The van der Waals surface area contributed by atoms with E-state index in [0.29, 0.717) is 6.54 Å². The van der Waals surface area contributed by atoms with E-state index in [1.165, 1.54) is 5.69 Å². The second-order valence-corrected chi connectivity index (χ2v) is 2.68. The van der Waals surface area contributed by atoms with Gasteiger partial charge in [0.1, 0.15) is 5.82 Å². The number of hydrogen-bond acceptors (Lipinski definition) is 2. The lowest BCUT2D eigenvalue weighted by molar-refractivity contribution is 0.785. The van der Waals surface area contributed by atoms with Gasteiger partial charge in [-0.05, 0) is 6.92 Å². The van der Waals surface area contributed by atoms with Crippen LogP contribution in [0.2, 0.25) is 0 Å². The summed E-state index contributed by atoms with van der Waals surface area (Å²) in [4.78, 5) is 4.38.